The first-order valence-corrected chi connectivity index (χ1v) is 11.7. The first-order valence-electron chi connectivity index (χ1n) is 10.3. The average Bonchev–Trinajstić information content (AvgIpc) is 3.42. The molecule has 0 bridgehead atoms. The summed E-state index contributed by atoms with van der Waals surface area (Å²) in [7, 11) is -2.46. The molecule has 2 amide bonds. The predicted octanol–water partition coefficient (Wildman–Crippen LogP) is 2.43. The highest BCUT2D eigenvalue weighted by Gasteiger charge is 2.33. The molecule has 8 nitrogen and oxygen atoms in total. The Morgan fingerprint density at radius 1 is 0.968 bits per heavy atom. The lowest BCUT2D eigenvalue weighted by Gasteiger charge is -2.19. The van der Waals surface area contributed by atoms with E-state index in [0.29, 0.717) is 0 Å². The molecule has 2 aromatic carbocycles. The molecular weight excluding hydrogens is 418 g/mol. The number of amides is 2. The molecule has 2 heterocycles. The number of carbonyl (C=O) groups excluding carboxylic acids is 2. The molecule has 4 rings (SSSR count). The molecule has 2 aromatic rings. The van der Waals surface area contributed by atoms with Crippen LogP contribution >= 0.6 is 0 Å². The van der Waals surface area contributed by atoms with Gasteiger partial charge in [-0.2, -0.15) is 0 Å². The molecule has 0 saturated carbocycles. The van der Waals surface area contributed by atoms with Crippen molar-refractivity contribution in [1.82, 2.24) is 4.72 Å². The van der Waals surface area contributed by atoms with Gasteiger partial charge in [0.05, 0.1) is 17.7 Å². The summed E-state index contributed by atoms with van der Waals surface area (Å²) in [4.78, 5) is 27.5. The second-order valence-electron chi connectivity index (χ2n) is 7.64. The fraction of sp³-hybridized carbons (Fsp3) is 0.364. The van der Waals surface area contributed by atoms with Crippen molar-refractivity contribution in [3.05, 3.63) is 48.0 Å². The van der Waals surface area contributed by atoms with Gasteiger partial charge >= 0.3 is 0 Å². The topological polar surface area (TPSA) is 96.0 Å². The maximum Gasteiger partial charge on any atom is 0.240 e. The Kier molecular flexibility index (Phi) is 5.97. The molecule has 0 spiro atoms. The fourth-order valence-electron chi connectivity index (χ4n) is 3.92. The molecule has 0 radical (unpaired) electrons. The zero-order valence-electron chi connectivity index (χ0n) is 17.3. The van der Waals surface area contributed by atoms with Gasteiger partial charge in [-0.15, -0.1) is 0 Å². The van der Waals surface area contributed by atoms with Crippen LogP contribution in [0.1, 0.15) is 31.2 Å². The van der Waals surface area contributed by atoms with E-state index >= 15 is 0 Å². The van der Waals surface area contributed by atoms with Gasteiger partial charge in [0.15, 0.2) is 0 Å². The smallest absolute Gasteiger partial charge is 0.240 e. The quantitative estimate of drug-likeness (QED) is 0.661. The van der Waals surface area contributed by atoms with Crippen LogP contribution in [0.15, 0.2) is 47.4 Å². The number of ether oxygens (including phenoxy) is 1. The Morgan fingerprint density at radius 2 is 1.61 bits per heavy atom. The third kappa shape index (κ3) is 4.42. The van der Waals surface area contributed by atoms with Crippen LogP contribution < -0.4 is 19.3 Å². The van der Waals surface area contributed by atoms with Gasteiger partial charge in [-0.3, -0.25) is 9.59 Å². The average molecular weight is 444 g/mol. The van der Waals surface area contributed by atoms with Gasteiger partial charge in [0, 0.05) is 38.2 Å². The lowest BCUT2D eigenvalue weighted by molar-refractivity contribution is -0.121. The third-order valence-electron chi connectivity index (χ3n) is 5.63. The van der Waals surface area contributed by atoms with Crippen molar-refractivity contribution in [1.29, 1.82) is 0 Å². The number of rotatable bonds is 7. The molecule has 2 aliphatic heterocycles. The van der Waals surface area contributed by atoms with E-state index < -0.39 is 10.0 Å². The van der Waals surface area contributed by atoms with Crippen molar-refractivity contribution in [2.24, 2.45) is 0 Å². The number of nitrogens with one attached hydrogen (secondary N) is 1. The lowest BCUT2D eigenvalue weighted by atomic mass is 10.2. The zero-order chi connectivity index (χ0) is 22.0. The molecular formula is C22H25N3O5S. The maximum atomic E-state index is 12.9. The van der Waals surface area contributed by atoms with E-state index in [1.807, 2.05) is 24.3 Å². The summed E-state index contributed by atoms with van der Waals surface area (Å²) in [6.07, 6.45) is 2.59. The third-order valence-corrected chi connectivity index (χ3v) is 7.03. The van der Waals surface area contributed by atoms with Crippen molar-refractivity contribution < 1.29 is 22.7 Å². The number of carbonyl (C=O) groups is 2. The van der Waals surface area contributed by atoms with Crippen molar-refractivity contribution >= 4 is 33.2 Å². The molecule has 2 saturated heterocycles. The van der Waals surface area contributed by atoms with Gasteiger partial charge in [0.25, 0.3) is 0 Å². The molecule has 0 aromatic heterocycles. The van der Waals surface area contributed by atoms with Gasteiger partial charge < -0.3 is 9.64 Å². The van der Waals surface area contributed by atoms with Crippen LogP contribution in [-0.4, -0.2) is 40.4 Å². The molecule has 9 heteroatoms. The van der Waals surface area contributed by atoms with E-state index in [4.69, 9.17) is 4.74 Å². The molecule has 0 aliphatic carbocycles. The van der Waals surface area contributed by atoms with Crippen LogP contribution in [0.3, 0.4) is 0 Å². The highest BCUT2D eigenvalue weighted by molar-refractivity contribution is 7.89. The van der Waals surface area contributed by atoms with Gasteiger partial charge in [-0.25, -0.2) is 18.0 Å². The van der Waals surface area contributed by atoms with Crippen LogP contribution in [-0.2, 0) is 26.2 Å². The molecule has 164 valence electrons. The minimum Gasteiger partial charge on any atom is -0.495 e. The second-order valence-corrected chi connectivity index (χ2v) is 9.41. The van der Waals surface area contributed by atoms with Crippen molar-refractivity contribution in [3.63, 3.8) is 0 Å². The number of hydrogen-bond donors (Lipinski definition) is 1. The van der Waals surface area contributed by atoms with Crippen LogP contribution in [0.5, 0.6) is 5.75 Å². The summed E-state index contributed by atoms with van der Waals surface area (Å²) in [6, 6.07) is 12.0. The normalized spacial score (nSPS) is 16.9. The van der Waals surface area contributed by atoms with Crippen LogP contribution in [0, 0.1) is 0 Å². The molecule has 1 N–H and O–H groups in total. The van der Waals surface area contributed by atoms with Gasteiger partial charge in [0.2, 0.25) is 21.8 Å². The van der Waals surface area contributed by atoms with E-state index in [1.54, 1.807) is 0 Å². The standard InChI is InChI=1S/C22H25N3O5S/c1-30-20-9-8-18(14-19(20)25-21(26)10-11-22(25)27)31(28,29)23-15-16-4-6-17(7-5-16)24-12-2-3-13-24/h4-9,14,23H,2-3,10-13,15H2,1H3. The van der Waals surface area contributed by atoms with Crippen molar-refractivity contribution in [2.45, 2.75) is 37.1 Å². The van der Waals surface area contributed by atoms with E-state index in [0.717, 1.165) is 29.2 Å². The van der Waals surface area contributed by atoms with E-state index in [-0.39, 0.29) is 47.5 Å². The minimum atomic E-state index is -3.86. The van der Waals surface area contributed by atoms with E-state index in [9.17, 15) is 18.0 Å². The molecule has 2 fully saturated rings. The summed E-state index contributed by atoms with van der Waals surface area (Å²) >= 11 is 0. The summed E-state index contributed by atoms with van der Waals surface area (Å²) in [5.41, 5.74) is 2.13. The Bertz CT molecular complexity index is 1080. The van der Waals surface area contributed by atoms with Crippen molar-refractivity contribution in [3.8, 4) is 5.75 Å². The summed E-state index contributed by atoms with van der Waals surface area (Å²) in [5.74, 6) is -0.479. The Hall–Kier alpha value is -2.91. The first kappa shape index (κ1) is 21.3. The minimum absolute atomic E-state index is 0.0375. The van der Waals surface area contributed by atoms with Crippen molar-refractivity contribution in [2.75, 3.05) is 30.0 Å². The molecule has 0 unspecified atom stereocenters. The van der Waals surface area contributed by atoms with Gasteiger partial charge in [0.1, 0.15) is 5.75 Å². The number of imide groups is 1. The predicted molar refractivity (Wildman–Crippen MR) is 117 cm³/mol. The van der Waals surface area contributed by atoms with Crippen LogP contribution in [0.4, 0.5) is 11.4 Å². The number of hydrogen-bond acceptors (Lipinski definition) is 6. The molecule has 2 aliphatic rings. The highest BCUT2D eigenvalue weighted by Crippen LogP contribution is 2.34. The lowest BCUT2D eigenvalue weighted by Crippen LogP contribution is -2.29. The van der Waals surface area contributed by atoms with Crippen LogP contribution in [0.2, 0.25) is 0 Å². The number of sulfonamides is 1. The van der Waals surface area contributed by atoms with E-state index in [2.05, 4.69) is 9.62 Å². The van der Waals surface area contributed by atoms with Gasteiger partial charge in [-0.1, -0.05) is 12.1 Å². The van der Waals surface area contributed by atoms with Gasteiger partial charge in [-0.05, 0) is 48.7 Å². The monoisotopic (exact) mass is 443 g/mol. The summed E-state index contributed by atoms with van der Waals surface area (Å²) in [5, 5.41) is 0. The Labute approximate surface area is 181 Å². The fourth-order valence-corrected chi connectivity index (χ4v) is 4.96. The van der Waals surface area contributed by atoms with Crippen LogP contribution in [0.25, 0.3) is 0 Å². The highest BCUT2D eigenvalue weighted by atomic mass is 32.2. The first-order chi connectivity index (χ1) is 14.9. The summed E-state index contributed by atoms with van der Waals surface area (Å²) < 4.78 is 33.6. The number of nitrogens with zero attached hydrogens (tertiary/aromatic N) is 2. The largest absolute Gasteiger partial charge is 0.495 e. The number of methoxy groups -OCH3 is 1. The number of benzene rings is 2. The summed E-state index contributed by atoms with van der Waals surface area (Å²) in [6.45, 7) is 2.23. The Morgan fingerprint density at radius 3 is 2.23 bits per heavy atom. The number of anilines is 2. The zero-order valence-corrected chi connectivity index (χ0v) is 18.2. The Balaban J connectivity index is 1.51. The second kappa shape index (κ2) is 8.68. The maximum absolute atomic E-state index is 12.9. The molecule has 0 atom stereocenters. The van der Waals surface area contributed by atoms with E-state index in [1.165, 1.54) is 38.2 Å². The SMILES string of the molecule is COc1ccc(S(=O)(=O)NCc2ccc(N3CCCC3)cc2)cc1N1C(=O)CCC1=O. The molecule has 31 heavy (non-hydrogen) atoms.